The monoisotopic (exact) mass is 498 g/mol. The van der Waals surface area contributed by atoms with Crippen molar-refractivity contribution in [2.45, 2.75) is 20.4 Å². The summed E-state index contributed by atoms with van der Waals surface area (Å²) in [6.45, 7) is 4.78. The van der Waals surface area contributed by atoms with Crippen molar-refractivity contribution >= 4 is 34.4 Å². The molecule has 1 N–H and O–H groups in total. The summed E-state index contributed by atoms with van der Waals surface area (Å²) in [6, 6.07) is 11.9. The molecule has 6 nitrogen and oxygen atoms in total. The molecule has 0 amide bonds. The fourth-order valence-corrected chi connectivity index (χ4v) is 4.32. The SMILES string of the molecule is CC(C)Cn1nnc2ccc(-c3[nH]c(-c4c(Cl)cccc4Cl)nc3-c3ccc(F)cc3F)nc21. The summed E-state index contributed by atoms with van der Waals surface area (Å²) in [5.41, 5.74) is 2.96. The normalized spacial score (nSPS) is 11.6. The number of nitrogens with one attached hydrogen (secondary N) is 1. The van der Waals surface area contributed by atoms with E-state index in [-0.39, 0.29) is 11.3 Å². The van der Waals surface area contributed by atoms with E-state index in [0.717, 1.165) is 6.07 Å². The number of rotatable bonds is 5. The lowest BCUT2D eigenvalue weighted by atomic mass is 10.1. The molecule has 3 heterocycles. The molecule has 0 radical (unpaired) electrons. The Balaban J connectivity index is 1.75. The molecule has 5 rings (SSSR count). The average molecular weight is 499 g/mol. The molecule has 0 saturated carbocycles. The summed E-state index contributed by atoms with van der Waals surface area (Å²) < 4.78 is 30.2. The van der Waals surface area contributed by atoms with Gasteiger partial charge < -0.3 is 4.98 Å². The van der Waals surface area contributed by atoms with Crippen LogP contribution in [0.4, 0.5) is 8.78 Å². The van der Waals surface area contributed by atoms with Crippen molar-refractivity contribution < 1.29 is 8.78 Å². The predicted molar refractivity (Wildman–Crippen MR) is 129 cm³/mol. The van der Waals surface area contributed by atoms with Crippen molar-refractivity contribution in [3.05, 3.63) is 70.2 Å². The smallest absolute Gasteiger partial charge is 0.179 e. The maximum atomic E-state index is 14.8. The molecular formula is C24H18Cl2F2N6. The van der Waals surface area contributed by atoms with Crippen molar-refractivity contribution in [2.75, 3.05) is 0 Å². The summed E-state index contributed by atoms with van der Waals surface area (Å²) in [5, 5.41) is 9.12. The number of hydrogen-bond acceptors (Lipinski definition) is 4. The molecule has 0 aliphatic rings. The highest BCUT2D eigenvalue weighted by Crippen LogP contribution is 2.38. The summed E-state index contributed by atoms with van der Waals surface area (Å²) in [4.78, 5) is 12.6. The van der Waals surface area contributed by atoms with Crippen LogP contribution in [0.1, 0.15) is 13.8 Å². The molecule has 0 atom stereocenters. The Morgan fingerprint density at radius 1 is 1.00 bits per heavy atom. The number of aromatic amines is 1. The first kappa shape index (κ1) is 22.4. The van der Waals surface area contributed by atoms with Gasteiger partial charge in [0.1, 0.15) is 28.7 Å². The third-order valence-electron chi connectivity index (χ3n) is 5.24. The van der Waals surface area contributed by atoms with Gasteiger partial charge in [-0.25, -0.2) is 23.4 Å². The minimum absolute atomic E-state index is 0.109. The zero-order chi connectivity index (χ0) is 24.0. The highest BCUT2D eigenvalue weighted by molar-refractivity contribution is 6.39. The summed E-state index contributed by atoms with van der Waals surface area (Å²) in [5.74, 6) is -0.770. The Morgan fingerprint density at radius 3 is 2.47 bits per heavy atom. The van der Waals surface area contributed by atoms with Crippen LogP contribution in [-0.4, -0.2) is 29.9 Å². The van der Waals surface area contributed by atoms with Crippen LogP contribution in [0, 0.1) is 17.6 Å². The second-order valence-electron chi connectivity index (χ2n) is 8.23. The molecule has 10 heteroatoms. The van der Waals surface area contributed by atoms with Crippen molar-refractivity contribution in [3.8, 4) is 34.0 Å². The number of fused-ring (bicyclic) bond motifs is 1. The Kier molecular flexibility index (Phi) is 5.79. The van der Waals surface area contributed by atoms with E-state index in [9.17, 15) is 8.78 Å². The van der Waals surface area contributed by atoms with Crippen LogP contribution in [0.2, 0.25) is 10.0 Å². The first-order valence-electron chi connectivity index (χ1n) is 10.5. The second-order valence-corrected chi connectivity index (χ2v) is 9.05. The van der Waals surface area contributed by atoms with Gasteiger partial charge in [0.2, 0.25) is 0 Å². The summed E-state index contributed by atoms with van der Waals surface area (Å²) in [6.07, 6.45) is 0. The molecule has 3 aromatic heterocycles. The molecule has 0 saturated heterocycles. The first-order valence-corrected chi connectivity index (χ1v) is 11.3. The van der Waals surface area contributed by atoms with Gasteiger partial charge in [-0.05, 0) is 42.3 Å². The van der Waals surface area contributed by atoms with Gasteiger partial charge in [-0.3, -0.25) is 0 Å². The van der Waals surface area contributed by atoms with E-state index >= 15 is 0 Å². The Hall–Kier alpha value is -3.36. The summed E-state index contributed by atoms with van der Waals surface area (Å²) in [7, 11) is 0. The Bertz CT molecular complexity index is 1510. The van der Waals surface area contributed by atoms with Crippen LogP contribution in [0.3, 0.4) is 0 Å². The van der Waals surface area contributed by atoms with Crippen LogP contribution in [0.25, 0.3) is 45.2 Å². The Morgan fingerprint density at radius 2 is 1.76 bits per heavy atom. The molecule has 0 unspecified atom stereocenters. The largest absolute Gasteiger partial charge is 0.336 e. The van der Waals surface area contributed by atoms with Crippen LogP contribution in [0.5, 0.6) is 0 Å². The highest BCUT2D eigenvalue weighted by Gasteiger charge is 2.22. The minimum atomic E-state index is -0.753. The van der Waals surface area contributed by atoms with E-state index in [4.69, 9.17) is 28.2 Å². The van der Waals surface area contributed by atoms with Gasteiger partial charge in [-0.2, -0.15) is 0 Å². The number of nitrogens with zero attached hydrogens (tertiary/aromatic N) is 5. The second kappa shape index (κ2) is 8.77. The van der Waals surface area contributed by atoms with Crippen molar-refractivity contribution in [1.82, 2.24) is 29.9 Å². The number of aromatic nitrogens is 6. The Labute approximate surface area is 203 Å². The van der Waals surface area contributed by atoms with Crippen molar-refractivity contribution in [2.24, 2.45) is 5.92 Å². The molecular weight excluding hydrogens is 481 g/mol. The topological polar surface area (TPSA) is 72.3 Å². The van der Waals surface area contributed by atoms with E-state index in [1.807, 2.05) is 0 Å². The quantitative estimate of drug-likeness (QED) is 0.289. The third-order valence-corrected chi connectivity index (χ3v) is 5.87. The average Bonchev–Trinajstić information content (AvgIpc) is 3.38. The number of halogens is 4. The van der Waals surface area contributed by atoms with Crippen LogP contribution in [-0.2, 0) is 6.54 Å². The third kappa shape index (κ3) is 4.03. The maximum absolute atomic E-state index is 14.8. The van der Waals surface area contributed by atoms with E-state index in [1.165, 1.54) is 12.1 Å². The lowest BCUT2D eigenvalue weighted by Gasteiger charge is -2.07. The number of hydrogen-bond donors (Lipinski definition) is 1. The zero-order valence-corrected chi connectivity index (χ0v) is 19.7. The van der Waals surface area contributed by atoms with Gasteiger partial charge in [-0.1, -0.05) is 48.3 Å². The van der Waals surface area contributed by atoms with Gasteiger partial charge in [0, 0.05) is 18.2 Å². The number of pyridine rings is 1. The molecule has 34 heavy (non-hydrogen) atoms. The van der Waals surface area contributed by atoms with Gasteiger partial charge in [0.15, 0.2) is 5.65 Å². The maximum Gasteiger partial charge on any atom is 0.179 e. The van der Waals surface area contributed by atoms with Crippen molar-refractivity contribution in [1.29, 1.82) is 0 Å². The lowest BCUT2D eigenvalue weighted by molar-refractivity contribution is 0.480. The van der Waals surface area contributed by atoms with E-state index < -0.39 is 11.6 Å². The van der Waals surface area contributed by atoms with E-state index in [0.29, 0.717) is 56.4 Å². The van der Waals surface area contributed by atoms with Crippen LogP contribution < -0.4 is 0 Å². The molecule has 172 valence electrons. The lowest BCUT2D eigenvalue weighted by Crippen LogP contribution is -2.07. The molecule has 2 aromatic carbocycles. The van der Waals surface area contributed by atoms with E-state index in [1.54, 1.807) is 35.0 Å². The van der Waals surface area contributed by atoms with Gasteiger partial charge >= 0.3 is 0 Å². The molecule has 0 fully saturated rings. The molecule has 5 aromatic rings. The fraction of sp³-hybridized carbons (Fsp3) is 0.167. The zero-order valence-electron chi connectivity index (χ0n) is 18.2. The molecule has 0 aliphatic heterocycles. The fourth-order valence-electron chi connectivity index (χ4n) is 3.74. The van der Waals surface area contributed by atoms with Gasteiger partial charge in [0.05, 0.1) is 27.0 Å². The van der Waals surface area contributed by atoms with E-state index in [2.05, 4.69) is 34.1 Å². The highest BCUT2D eigenvalue weighted by atomic mass is 35.5. The van der Waals surface area contributed by atoms with Gasteiger partial charge in [-0.15, -0.1) is 5.10 Å². The number of benzene rings is 2. The van der Waals surface area contributed by atoms with Crippen molar-refractivity contribution in [3.63, 3.8) is 0 Å². The standard InChI is InChI=1S/C24H18Cl2F2N6/c1-12(2)11-34-24-19(32-33-34)9-8-18(29-24)22-21(14-7-6-13(27)10-17(14)28)30-23(31-22)20-15(25)4-3-5-16(20)26/h3-10,12H,11H2,1-2H3,(H,30,31). The van der Waals surface area contributed by atoms with Gasteiger partial charge in [0.25, 0.3) is 0 Å². The van der Waals surface area contributed by atoms with Crippen LogP contribution in [0.15, 0.2) is 48.5 Å². The predicted octanol–water partition coefficient (Wildman–Crippen LogP) is 6.79. The molecule has 0 bridgehead atoms. The van der Waals surface area contributed by atoms with Crippen LogP contribution >= 0.6 is 23.2 Å². The molecule has 0 aliphatic carbocycles. The number of imidazole rings is 1. The number of H-pyrrole nitrogens is 1. The first-order chi connectivity index (χ1) is 16.3. The minimum Gasteiger partial charge on any atom is -0.336 e. The molecule has 0 spiro atoms. The summed E-state index contributed by atoms with van der Waals surface area (Å²) >= 11 is 12.8.